The van der Waals surface area contributed by atoms with Gasteiger partial charge in [-0.1, -0.05) is 12.1 Å². The molecule has 0 spiro atoms. The van der Waals surface area contributed by atoms with Crippen molar-refractivity contribution in [3.63, 3.8) is 0 Å². The van der Waals surface area contributed by atoms with Crippen molar-refractivity contribution in [2.45, 2.75) is 18.3 Å². The molecule has 1 aliphatic heterocycles. The van der Waals surface area contributed by atoms with Crippen LogP contribution in [-0.2, 0) is 14.9 Å². The zero-order chi connectivity index (χ0) is 14.7. The molecular weight excluding hydrogens is 266 g/mol. The molecule has 0 aromatic heterocycles. The Morgan fingerprint density at radius 2 is 1.90 bits per heavy atom. The number of hydrogen-bond donors (Lipinski definition) is 2. The average Bonchev–Trinajstić information content (AvgIpc) is 3.31. The van der Waals surface area contributed by atoms with Crippen LogP contribution in [-0.4, -0.2) is 50.2 Å². The maximum absolute atomic E-state index is 12.5. The standard InChI is InChI=1S/C16H23N3O2/c17-14-3-1-13(2-4-14)16(5-6-16)15(20)18-7-8-19-9-11-21-12-10-19/h1-4H,5-12,17H2,(H,18,20). The number of nitrogens with one attached hydrogen (secondary N) is 1. The van der Waals surface area contributed by atoms with Crippen molar-refractivity contribution in [3.05, 3.63) is 29.8 Å². The van der Waals surface area contributed by atoms with Crippen LogP contribution in [0.1, 0.15) is 18.4 Å². The van der Waals surface area contributed by atoms with E-state index in [0.717, 1.165) is 56.9 Å². The van der Waals surface area contributed by atoms with Crippen LogP contribution < -0.4 is 11.1 Å². The van der Waals surface area contributed by atoms with Crippen molar-refractivity contribution >= 4 is 11.6 Å². The molecule has 1 amide bonds. The van der Waals surface area contributed by atoms with Crippen LogP contribution in [0.15, 0.2) is 24.3 Å². The number of ether oxygens (including phenoxy) is 1. The van der Waals surface area contributed by atoms with Gasteiger partial charge in [0.15, 0.2) is 0 Å². The molecule has 5 heteroatoms. The van der Waals surface area contributed by atoms with Crippen LogP contribution in [0.2, 0.25) is 0 Å². The van der Waals surface area contributed by atoms with Gasteiger partial charge >= 0.3 is 0 Å². The van der Waals surface area contributed by atoms with Gasteiger partial charge in [0.2, 0.25) is 5.91 Å². The van der Waals surface area contributed by atoms with Gasteiger partial charge in [-0.25, -0.2) is 0 Å². The normalized spacial score (nSPS) is 21.0. The minimum atomic E-state index is -0.307. The summed E-state index contributed by atoms with van der Waals surface area (Å²) < 4.78 is 5.32. The molecule has 0 bridgehead atoms. The minimum Gasteiger partial charge on any atom is -0.399 e. The van der Waals surface area contributed by atoms with Gasteiger partial charge in [-0.3, -0.25) is 9.69 Å². The average molecular weight is 289 g/mol. The van der Waals surface area contributed by atoms with Gasteiger partial charge in [0.05, 0.1) is 18.6 Å². The van der Waals surface area contributed by atoms with Crippen molar-refractivity contribution in [2.24, 2.45) is 0 Å². The molecule has 2 fully saturated rings. The summed E-state index contributed by atoms with van der Waals surface area (Å²) in [6.45, 7) is 5.10. The summed E-state index contributed by atoms with van der Waals surface area (Å²) in [4.78, 5) is 14.8. The van der Waals surface area contributed by atoms with Crippen LogP contribution in [0.25, 0.3) is 0 Å². The lowest BCUT2D eigenvalue weighted by atomic mass is 9.95. The zero-order valence-corrected chi connectivity index (χ0v) is 12.3. The Bertz CT molecular complexity index is 491. The van der Waals surface area contributed by atoms with E-state index >= 15 is 0 Å². The van der Waals surface area contributed by atoms with Crippen LogP contribution in [0.5, 0.6) is 0 Å². The monoisotopic (exact) mass is 289 g/mol. The quantitative estimate of drug-likeness (QED) is 0.785. The lowest BCUT2D eigenvalue weighted by molar-refractivity contribution is -0.123. The van der Waals surface area contributed by atoms with Crippen LogP contribution in [0.3, 0.4) is 0 Å². The van der Waals surface area contributed by atoms with Gasteiger partial charge in [0.25, 0.3) is 0 Å². The van der Waals surface area contributed by atoms with Crippen LogP contribution in [0, 0.1) is 0 Å². The first kappa shape index (κ1) is 14.4. The Labute approximate surface area is 125 Å². The molecule has 3 N–H and O–H groups in total. The zero-order valence-electron chi connectivity index (χ0n) is 12.3. The summed E-state index contributed by atoms with van der Waals surface area (Å²) >= 11 is 0. The molecule has 1 aliphatic carbocycles. The van der Waals surface area contributed by atoms with Crippen molar-refractivity contribution in [1.82, 2.24) is 10.2 Å². The Kier molecular flexibility index (Phi) is 4.12. The fourth-order valence-electron chi connectivity index (χ4n) is 2.90. The second kappa shape index (κ2) is 6.03. The SMILES string of the molecule is Nc1ccc(C2(C(=O)NCCN3CCOCC3)CC2)cc1. The number of hydrogen-bond acceptors (Lipinski definition) is 4. The predicted molar refractivity (Wildman–Crippen MR) is 82.0 cm³/mol. The topological polar surface area (TPSA) is 67.6 Å². The van der Waals surface area contributed by atoms with Crippen molar-refractivity contribution < 1.29 is 9.53 Å². The van der Waals surface area contributed by atoms with Gasteiger partial charge < -0.3 is 15.8 Å². The fourth-order valence-corrected chi connectivity index (χ4v) is 2.90. The van der Waals surface area contributed by atoms with E-state index in [9.17, 15) is 4.79 Å². The first-order valence-electron chi connectivity index (χ1n) is 7.65. The molecule has 1 aromatic rings. The molecule has 114 valence electrons. The highest BCUT2D eigenvalue weighted by molar-refractivity contribution is 5.91. The highest BCUT2D eigenvalue weighted by Gasteiger charge is 2.50. The van der Waals surface area contributed by atoms with E-state index in [-0.39, 0.29) is 11.3 Å². The first-order valence-corrected chi connectivity index (χ1v) is 7.65. The molecule has 21 heavy (non-hydrogen) atoms. The second-order valence-electron chi connectivity index (χ2n) is 5.91. The highest BCUT2D eigenvalue weighted by Crippen LogP contribution is 2.48. The molecule has 5 nitrogen and oxygen atoms in total. The van der Waals surface area contributed by atoms with E-state index < -0.39 is 0 Å². The van der Waals surface area contributed by atoms with Gasteiger partial charge in [-0.2, -0.15) is 0 Å². The van der Waals surface area contributed by atoms with E-state index in [1.54, 1.807) is 0 Å². The third-order valence-corrected chi connectivity index (χ3v) is 4.47. The molecule has 1 saturated carbocycles. The predicted octanol–water partition coefficient (Wildman–Crippen LogP) is 0.749. The number of rotatable bonds is 5. The van der Waals surface area contributed by atoms with E-state index in [2.05, 4.69) is 10.2 Å². The number of carbonyl (C=O) groups is 1. The lowest BCUT2D eigenvalue weighted by Crippen LogP contribution is -2.43. The Hall–Kier alpha value is -1.59. The summed E-state index contributed by atoms with van der Waals surface area (Å²) in [7, 11) is 0. The summed E-state index contributed by atoms with van der Waals surface area (Å²) in [5.41, 5.74) is 7.23. The van der Waals surface area contributed by atoms with Crippen molar-refractivity contribution in [1.29, 1.82) is 0 Å². The van der Waals surface area contributed by atoms with E-state index in [0.29, 0.717) is 6.54 Å². The fraction of sp³-hybridized carbons (Fsp3) is 0.562. The third-order valence-electron chi connectivity index (χ3n) is 4.47. The Balaban J connectivity index is 1.51. The maximum Gasteiger partial charge on any atom is 0.230 e. The molecule has 1 heterocycles. The summed E-state index contributed by atoms with van der Waals surface area (Å²) in [5.74, 6) is 0.153. The first-order chi connectivity index (χ1) is 10.2. The van der Waals surface area contributed by atoms with E-state index in [1.807, 2.05) is 24.3 Å². The molecule has 0 atom stereocenters. The van der Waals surface area contributed by atoms with Crippen LogP contribution in [0.4, 0.5) is 5.69 Å². The van der Waals surface area contributed by atoms with Crippen LogP contribution >= 0.6 is 0 Å². The number of anilines is 1. The highest BCUT2D eigenvalue weighted by atomic mass is 16.5. The Morgan fingerprint density at radius 3 is 2.52 bits per heavy atom. The largest absolute Gasteiger partial charge is 0.399 e. The number of nitrogen functional groups attached to an aromatic ring is 1. The smallest absolute Gasteiger partial charge is 0.230 e. The van der Waals surface area contributed by atoms with E-state index in [1.165, 1.54) is 0 Å². The minimum absolute atomic E-state index is 0.153. The number of nitrogens with zero attached hydrogens (tertiary/aromatic N) is 1. The number of morpholine rings is 1. The summed E-state index contributed by atoms with van der Waals surface area (Å²) in [5, 5.41) is 3.09. The van der Waals surface area contributed by atoms with Gasteiger partial charge in [0.1, 0.15) is 0 Å². The molecular formula is C16H23N3O2. The molecule has 3 rings (SSSR count). The number of nitrogens with two attached hydrogens (primary N) is 1. The number of benzene rings is 1. The van der Waals surface area contributed by atoms with Gasteiger partial charge in [0, 0.05) is 31.9 Å². The second-order valence-corrected chi connectivity index (χ2v) is 5.91. The number of amides is 1. The van der Waals surface area contributed by atoms with Crippen molar-refractivity contribution in [2.75, 3.05) is 45.1 Å². The lowest BCUT2D eigenvalue weighted by Gasteiger charge is -2.27. The van der Waals surface area contributed by atoms with E-state index in [4.69, 9.17) is 10.5 Å². The molecule has 0 radical (unpaired) electrons. The Morgan fingerprint density at radius 1 is 1.24 bits per heavy atom. The summed E-state index contributed by atoms with van der Waals surface area (Å²) in [6, 6.07) is 7.70. The molecule has 1 aromatic carbocycles. The molecule has 1 saturated heterocycles. The van der Waals surface area contributed by atoms with Gasteiger partial charge in [-0.05, 0) is 30.5 Å². The van der Waals surface area contributed by atoms with Crippen molar-refractivity contribution in [3.8, 4) is 0 Å². The maximum atomic E-state index is 12.5. The third kappa shape index (κ3) is 3.19. The molecule has 0 unspecified atom stereocenters. The summed E-state index contributed by atoms with van der Waals surface area (Å²) in [6.07, 6.45) is 1.86. The van der Waals surface area contributed by atoms with Gasteiger partial charge in [-0.15, -0.1) is 0 Å². The molecule has 2 aliphatic rings. The number of carbonyl (C=O) groups excluding carboxylic acids is 1.